The summed E-state index contributed by atoms with van der Waals surface area (Å²) in [5.41, 5.74) is 2.79. The summed E-state index contributed by atoms with van der Waals surface area (Å²) in [5.74, 6) is -0.158. The van der Waals surface area contributed by atoms with Crippen molar-refractivity contribution in [2.75, 3.05) is 18.4 Å². The molecule has 1 saturated carbocycles. The molecule has 2 amide bonds. The van der Waals surface area contributed by atoms with Gasteiger partial charge in [-0.15, -0.1) is 0 Å². The van der Waals surface area contributed by atoms with Crippen molar-refractivity contribution in [3.8, 4) is 5.75 Å². The number of carboxylic acid groups (broad SMARTS) is 1. The van der Waals surface area contributed by atoms with E-state index in [-0.39, 0.29) is 30.8 Å². The molecule has 4 aromatic rings. The summed E-state index contributed by atoms with van der Waals surface area (Å²) in [5, 5.41) is 15.3. The first-order valence-electron chi connectivity index (χ1n) is 15.1. The van der Waals surface area contributed by atoms with Crippen LogP contribution in [0, 0.1) is 5.92 Å². The molecular formula is C34H37N3O5. The van der Waals surface area contributed by atoms with Crippen molar-refractivity contribution >= 4 is 45.1 Å². The number of ether oxygens (including phenoxy) is 1. The lowest BCUT2D eigenvalue weighted by atomic mass is 10.1. The first-order chi connectivity index (χ1) is 20.5. The average molecular weight is 568 g/mol. The highest BCUT2D eigenvalue weighted by atomic mass is 16.5. The zero-order chi connectivity index (χ0) is 29.1. The SMILES string of the molecule is O=C(O)CCCn1c(COc2ccc3ccccc3c2)c(C(=O)N2CCCC2)c2cc(NC(=O)C3CCCC3)ccc21. The molecule has 42 heavy (non-hydrogen) atoms. The Balaban J connectivity index is 1.40. The number of rotatable bonds is 10. The van der Waals surface area contributed by atoms with Crippen LogP contribution < -0.4 is 10.1 Å². The van der Waals surface area contributed by atoms with Crippen molar-refractivity contribution in [2.24, 2.45) is 5.92 Å². The predicted octanol–water partition coefficient (Wildman–Crippen LogP) is 6.60. The third-order valence-electron chi connectivity index (χ3n) is 8.64. The van der Waals surface area contributed by atoms with E-state index in [0.29, 0.717) is 43.1 Å². The number of hydrogen-bond donors (Lipinski definition) is 2. The Morgan fingerprint density at radius 2 is 1.67 bits per heavy atom. The third kappa shape index (κ3) is 5.84. The van der Waals surface area contributed by atoms with Gasteiger partial charge in [0.15, 0.2) is 0 Å². The molecule has 0 radical (unpaired) electrons. The van der Waals surface area contributed by atoms with Gasteiger partial charge in [0.1, 0.15) is 12.4 Å². The normalized spacial score (nSPS) is 15.5. The number of carbonyl (C=O) groups excluding carboxylic acids is 2. The summed E-state index contributed by atoms with van der Waals surface area (Å²) in [6.45, 7) is 1.99. The van der Waals surface area contributed by atoms with Crippen molar-refractivity contribution in [3.05, 3.63) is 71.9 Å². The second-order valence-corrected chi connectivity index (χ2v) is 11.5. The predicted molar refractivity (Wildman–Crippen MR) is 163 cm³/mol. The zero-order valence-corrected chi connectivity index (χ0v) is 23.8. The highest BCUT2D eigenvalue weighted by Gasteiger charge is 2.29. The van der Waals surface area contributed by atoms with E-state index in [0.717, 1.165) is 65.9 Å². The fraction of sp³-hybridized carbons (Fsp3) is 0.382. The Bertz CT molecular complexity index is 1630. The van der Waals surface area contributed by atoms with Crippen molar-refractivity contribution in [3.63, 3.8) is 0 Å². The first-order valence-corrected chi connectivity index (χ1v) is 15.1. The highest BCUT2D eigenvalue weighted by Crippen LogP contribution is 2.34. The molecule has 1 aromatic heterocycles. The standard InChI is InChI=1S/C34H37N3O5/c38-31(39)12-7-19-37-29-16-14-26(35-33(40)24-9-2-3-10-24)21-28(29)32(34(41)36-17-5-6-18-36)30(37)22-42-27-15-13-23-8-1-4-11-25(23)20-27/h1,4,8,11,13-16,20-21,24H,2-3,5-7,9-10,12,17-19,22H2,(H,35,40)(H,38,39). The lowest BCUT2D eigenvalue weighted by Gasteiger charge is -2.18. The average Bonchev–Trinajstić information content (AvgIpc) is 3.77. The van der Waals surface area contributed by atoms with Crippen molar-refractivity contribution in [2.45, 2.75) is 64.5 Å². The van der Waals surface area contributed by atoms with Gasteiger partial charge >= 0.3 is 5.97 Å². The molecular weight excluding hydrogens is 530 g/mol. The largest absolute Gasteiger partial charge is 0.487 e. The number of aliphatic carboxylic acids is 1. The number of hydrogen-bond acceptors (Lipinski definition) is 4. The van der Waals surface area contributed by atoms with Crippen LogP contribution in [-0.2, 0) is 22.7 Å². The minimum atomic E-state index is -0.856. The van der Waals surface area contributed by atoms with E-state index in [1.807, 2.05) is 64.1 Å². The Morgan fingerprint density at radius 1 is 0.905 bits per heavy atom. The summed E-state index contributed by atoms with van der Waals surface area (Å²) < 4.78 is 8.37. The lowest BCUT2D eigenvalue weighted by molar-refractivity contribution is -0.137. The Labute approximate surface area is 245 Å². The Hall–Kier alpha value is -4.33. The van der Waals surface area contributed by atoms with Gasteiger partial charge < -0.3 is 24.6 Å². The summed E-state index contributed by atoms with van der Waals surface area (Å²) in [6, 6.07) is 19.7. The molecule has 2 N–H and O–H groups in total. The number of carbonyl (C=O) groups is 3. The van der Waals surface area contributed by atoms with Crippen LogP contribution in [0.25, 0.3) is 21.7 Å². The molecule has 8 nitrogen and oxygen atoms in total. The number of aromatic nitrogens is 1. The molecule has 3 aromatic carbocycles. The Morgan fingerprint density at radius 3 is 2.43 bits per heavy atom. The van der Waals surface area contributed by atoms with E-state index in [1.165, 1.54) is 0 Å². The maximum Gasteiger partial charge on any atom is 0.303 e. The number of fused-ring (bicyclic) bond motifs is 2. The molecule has 0 atom stereocenters. The van der Waals surface area contributed by atoms with Crippen LogP contribution in [0.5, 0.6) is 5.75 Å². The number of likely N-dealkylation sites (tertiary alicyclic amines) is 1. The minimum Gasteiger partial charge on any atom is -0.487 e. The van der Waals surface area contributed by atoms with Crippen molar-refractivity contribution in [1.29, 1.82) is 0 Å². The maximum atomic E-state index is 14.1. The van der Waals surface area contributed by atoms with E-state index in [2.05, 4.69) is 11.4 Å². The van der Waals surface area contributed by atoms with Gasteiger partial charge in [-0.1, -0.05) is 43.2 Å². The monoisotopic (exact) mass is 567 g/mol. The summed E-state index contributed by atoms with van der Waals surface area (Å²) in [4.78, 5) is 40.3. The summed E-state index contributed by atoms with van der Waals surface area (Å²) >= 11 is 0. The van der Waals surface area contributed by atoms with Gasteiger partial charge in [0.2, 0.25) is 5.91 Å². The van der Waals surface area contributed by atoms with Crippen LogP contribution in [0.3, 0.4) is 0 Å². The molecule has 1 aliphatic carbocycles. The molecule has 0 unspecified atom stereocenters. The number of benzene rings is 3. The van der Waals surface area contributed by atoms with E-state index in [1.54, 1.807) is 0 Å². The van der Waals surface area contributed by atoms with E-state index < -0.39 is 5.97 Å². The first kappa shape index (κ1) is 27.8. The van der Waals surface area contributed by atoms with Crippen LogP contribution in [0.15, 0.2) is 60.7 Å². The molecule has 218 valence electrons. The Kier molecular flexibility index (Phi) is 8.13. The quantitative estimate of drug-likeness (QED) is 0.225. The lowest BCUT2D eigenvalue weighted by Crippen LogP contribution is -2.29. The van der Waals surface area contributed by atoms with E-state index in [4.69, 9.17) is 4.74 Å². The topological polar surface area (TPSA) is 101 Å². The second-order valence-electron chi connectivity index (χ2n) is 11.5. The van der Waals surface area contributed by atoms with Gasteiger partial charge in [0.25, 0.3) is 5.91 Å². The molecule has 2 aliphatic rings. The van der Waals surface area contributed by atoms with E-state index >= 15 is 0 Å². The van der Waals surface area contributed by atoms with Crippen LogP contribution in [0.2, 0.25) is 0 Å². The smallest absolute Gasteiger partial charge is 0.303 e. The van der Waals surface area contributed by atoms with Crippen LogP contribution in [0.4, 0.5) is 5.69 Å². The second kappa shape index (κ2) is 12.3. The molecule has 2 fully saturated rings. The zero-order valence-electron chi connectivity index (χ0n) is 23.8. The van der Waals surface area contributed by atoms with E-state index in [9.17, 15) is 19.5 Å². The molecule has 0 spiro atoms. The number of nitrogens with one attached hydrogen (secondary N) is 1. The van der Waals surface area contributed by atoms with Gasteiger partial charge in [0, 0.05) is 48.6 Å². The number of nitrogens with zero attached hydrogens (tertiary/aromatic N) is 2. The number of amides is 2. The summed E-state index contributed by atoms with van der Waals surface area (Å²) in [7, 11) is 0. The molecule has 2 heterocycles. The van der Waals surface area contributed by atoms with Crippen molar-refractivity contribution < 1.29 is 24.2 Å². The fourth-order valence-corrected chi connectivity index (χ4v) is 6.44. The number of anilines is 1. The van der Waals surface area contributed by atoms with Gasteiger partial charge in [0.05, 0.1) is 11.3 Å². The summed E-state index contributed by atoms with van der Waals surface area (Å²) in [6.07, 6.45) is 6.33. The third-order valence-corrected chi connectivity index (χ3v) is 8.64. The van der Waals surface area contributed by atoms with Gasteiger partial charge in [-0.05, 0) is 73.2 Å². The molecule has 6 rings (SSSR count). The molecule has 1 saturated heterocycles. The van der Waals surface area contributed by atoms with Gasteiger partial charge in [-0.3, -0.25) is 14.4 Å². The molecule has 8 heteroatoms. The fourth-order valence-electron chi connectivity index (χ4n) is 6.44. The highest BCUT2D eigenvalue weighted by molar-refractivity contribution is 6.10. The molecule has 0 bridgehead atoms. The number of aryl methyl sites for hydroxylation is 1. The number of carboxylic acids is 1. The van der Waals surface area contributed by atoms with Crippen LogP contribution in [0.1, 0.15) is 67.4 Å². The van der Waals surface area contributed by atoms with Crippen LogP contribution in [-0.4, -0.2) is 45.4 Å². The van der Waals surface area contributed by atoms with Crippen LogP contribution >= 0.6 is 0 Å². The van der Waals surface area contributed by atoms with Crippen molar-refractivity contribution in [1.82, 2.24) is 9.47 Å². The maximum absolute atomic E-state index is 14.1. The van der Waals surface area contributed by atoms with Gasteiger partial charge in [-0.25, -0.2) is 0 Å². The minimum absolute atomic E-state index is 0.0234. The molecule has 1 aliphatic heterocycles. The van der Waals surface area contributed by atoms with Gasteiger partial charge in [-0.2, -0.15) is 0 Å².